The smallest absolute Gasteiger partial charge is 0.258 e. The summed E-state index contributed by atoms with van der Waals surface area (Å²) in [6.45, 7) is 0.284. The molecular weight excluding hydrogens is 309 g/mol. The Kier molecular flexibility index (Phi) is 4.18. The van der Waals surface area contributed by atoms with E-state index in [9.17, 15) is 18.0 Å². The highest BCUT2D eigenvalue weighted by Gasteiger charge is 2.39. The zero-order valence-electron chi connectivity index (χ0n) is 12.0. The third-order valence-electron chi connectivity index (χ3n) is 3.67. The van der Waals surface area contributed by atoms with Crippen molar-refractivity contribution >= 4 is 5.91 Å². The van der Waals surface area contributed by atoms with Gasteiger partial charge in [0.1, 0.15) is 11.6 Å². The molecule has 3 rings (SSSR count). The minimum Gasteiger partial charge on any atom is -0.455 e. The summed E-state index contributed by atoms with van der Waals surface area (Å²) in [4.78, 5) is 17.4. The van der Waals surface area contributed by atoms with Crippen molar-refractivity contribution in [2.24, 2.45) is 0 Å². The zero-order chi connectivity index (χ0) is 16.4. The maximum absolute atomic E-state index is 12.9. The van der Waals surface area contributed by atoms with Gasteiger partial charge in [0.05, 0.1) is 17.8 Å². The number of pyridine rings is 1. The predicted octanol–water partition coefficient (Wildman–Crippen LogP) is 3.49. The largest absolute Gasteiger partial charge is 0.455 e. The van der Waals surface area contributed by atoms with E-state index in [1.807, 2.05) is 0 Å². The van der Waals surface area contributed by atoms with Crippen LogP contribution < -0.4 is 4.74 Å². The first-order chi connectivity index (χ1) is 11.1. The molecule has 0 bridgehead atoms. The Balaban J connectivity index is 1.83. The third kappa shape index (κ3) is 3.13. The van der Waals surface area contributed by atoms with Crippen LogP contribution in [0.5, 0.6) is 11.5 Å². The summed E-state index contributed by atoms with van der Waals surface area (Å²) in [7, 11) is 0. The Morgan fingerprint density at radius 3 is 2.61 bits per heavy atom. The molecule has 1 aliphatic rings. The molecule has 0 radical (unpaired) electrons. The lowest BCUT2D eigenvalue weighted by Crippen LogP contribution is -2.54. The highest BCUT2D eigenvalue weighted by atomic mass is 19.3. The van der Waals surface area contributed by atoms with Crippen LogP contribution in [-0.4, -0.2) is 34.8 Å². The second kappa shape index (κ2) is 6.28. The van der Waals surface area contributed by atoms with E-state index in [4.69, 9.17) is 4.74 Å². The van der Waals surface area contributed by atoms with Gasteiger partial charge in [0.2, 0.25) is 0 Å². The lowest BCUT2D eigenvalue weighted by molar-refractivity contribution is -0.0220. The van der Waals surface area contributed by atoms with E-state index in [2.05, 4.69) is 4.98 Å². The van der Waals surface area contributed by atoms with Gasteiger partial charge < -0.3 is 9.64 Å². The van der Waals surface area contributed by atoms with Crippen molar-refractivity contribution in [3.05, 3.63) is 54.1 Å². The maximum Gasteiger partial charge on any atom is 0.258 e. The number of amides is 1. The Morgan fingerprint density at radius 1 is 1.26 bits per heavy atom. The predicted molar refractivity (Wildman–Crippen MR) is 76.2 cm³/mol. The number of halogens is 3. The summed E-state index contributed by atoms with van der Waals surface area (Å²) in [5, 5.41) is 0. The molecular formula is C16H13F3N2O2. The molecule has 4 nitrogen and oxygen atoms in total. The van der Waals surface area contributed by atoms with Gasteiger partial charge in [0.25, 0.3) is 12.3 Å². The van der Waals surface area contributed by atoms with Crippen molar-refractivity contribution in [1.82, 2.24) is 9.88 Å². The molecule has 0 N–H and O–H groups in total. The lowest BCUT2D eigenvalue weighted by atomic mass is 10.0. The van der Waals surface area contributed by atoms with Gasteiger partial charge in [-0.2, -0.15) is 0 Å². The number of nitrogens with zero attached hydrogens (tertiary/aromatic N) is 2. The van der Waals surface area contributed by atoms with E-state index in [0.29, 0.717) is 5.75 Å². The first-order valence-corrected chi connectivity index (χ1v) is 7.03. The number of rotatable bonds is 4. The third-order valence-corrected chi connectivity index (χ3v) is 3.67. The van der Waals surface area contributed by atoms with Crippen molar-refractivity contribution < 1.29 is 22.7 Å². The molecule has 1 aliphatic heterocycles. The van der Waals surface area contributed by atoms with E-state index in [0.717, 1.165) is 4.90 Å². The fourth-order valence-corrected chi connectivity index (χ4v) is 2.34. The average molecular weight is 322 g/mol. The number of hydrogen-bond donors (Lipinski definition) is 0. The molecule has 1 fully saturated rings. The topological polar surface area (TPSA) is 42.4 Å². The molecule has 7 heteroatoms. The number of likely N-dealkylation sites (tertiary alicyclic amines) is 1. The molecule has 1 amide bonds. The van der Waals surface area contributed by atoms with Gasteiger partial charge in [-0.1, -0.05) is 0 Å². The van der Waals surface area contributed by atoms with Gasteiger partial charge in [-0.15, -0.1) is 0 Å². The standard InChI is InChI=1S/C16H13F3N2O2/c17-10-1-3-11(4-2-10)23-14-9-20-7-5-12(14)16(22)21-8-6-13(21)15(18)19/h1-5,7,9,13,15H,6,8H2. The van der Waals surface area contributed by atoms with Crippen LogP contribution in [-0.2, 0) is 0 Å². The number of benzene rings is 1. The van der Waals surface area contributed by atoms with Gasteiger partial charge in [0.15, 0.2) is 5.75 Å². The molecule has 0 aliphatic carbocycles. The Labute approximate surface area is 130 Å². The lowest BCUT2D eigenvalue weighted by Gasteiger charge is -2.40. The van der Waals surface area contributed by atoms with E-state index < -0.39 is 24.2 Å². The van der Waals surface area contributed by atoms with Crippen LogP contribution in [0, 0.1) is 5.82 Å². The first-order valence-electron chi connectivity index (χ1n) is 7.03. The molecule has 120 valence electrons. The average Bonchev–Trinajstić information content (AvgIpc) is 2.48. The minimum atomic E-state index is -2.57. The monoisotopic (exact) mass is 322 g/mol. The van der Waals surface area contributed by atoms with Gasteiger partial charge in [-0.3, -0.25) is 9.78 Å². The number of carbonyl (C=O) groups is 1. The normalized spacial score (nSPS) is 17.0. The van der Waals surface area contributed by atoms with Crippen LogP contribution in [0.4, 0.5) is 13.2 Å². The van der Waals surface area contributed by atoms with Gasteiger partial charge in [-0.25, -0.2) is 13.2 Å². The summed E-state index contributed by atoms with van der Waals surface area (Å²) in [5.41, 5.74) is 0.148. The van der Waals surface area contributed by atoms with Gasteiger partial charge >= 0.3 is 0 Å². The van der Waals surface area contributed by atoms with Crippen molar-refractivity contribution in [2.75, 3.05) is 6.54 Å². The van der Waals surface area contributed by atoms with Crippen LogP contribution in [0.2, 0.25) is 0 Å². The number of aromatic nitrogens is 1. The van der Waals surface area contributed by atoms with Gasteiger partial charge in [-0.05, 0) is 36.8 Å². The van der Waals surface area contributed by atoms with Crippen LogP contribution in [0.25, 0.3) is 0 Å². The quantitative estimate of drug-likeness (QED) is 0.865. The van der Waals surface area contributed by atoms with Crippen LogP contribution in [0.15, 0.2) is 42.7 Å². The van der Waals surface area contributed by atoms with Crippen molar-refractivity contribution in [3.63, 3.8) is 0 Å². The maximum atomic E-state index is 12.9. The van der Waals surface area contributed by atoms with E-state index in [-0.39, 0.29) is 24.3 Å². The number of carbonyl (C=O) groups excluding carboxylic acids is 1. The molecule has 0 saturated carbocycles. The Bertz CT molecular complexity index is 707. The Hall–Kier alpha value is -2.57. The molecule has 0 spiro atoms. The Morgan fingerprint density at radius 2 is 2.00 bits per heavy atom. The van der Waals surface area contributed by atoms with Crippen LogP contribution in [0.1, 0.15) is 16.8 Å². The van der Waals surface area contributed by atoms with Crippen LogP contribution in [0.3, 0.4) is 0 Å². The second-order valence-corrected chi connectivity index (χ2v) is 5.12. The minimum absolute atomic E-state index is 0.143. The highest BCUT2D eigenvalue weighted by molar-refractivity contribution is 5.97. The van der Waals surface area contributed by atoms with Gasteiger partial charge in [0, 0.05) is 12.7 Å². The number of hydrogen-bond acceptors (Lipinski definition) is 3. The fraction of sp³-hybridized carbons (Fsp3) is 0.250. The van der Waals surface area contributed by atoms with E-state index in [1.165, 1.54) is 42.7 Å². The molecule has 2 heterocycles. The molecule has 2 aromatic rings. The van der Waals surface area contributed by atoms with Crippen molar-refractivity contribution in [1.29, 1.82) is 0 Å². The zero-order valence-corrected chi connectivity index (χ0v) is 12.0. The van der Waals surface area contributed by atoms with Crippen molar-refractivity contribution in [2.45, 2.75) is 18.9 Å². The fourth-order valence-electron chi connectivity index (χ4n) is 2.34. The second-order valence-electron chi connectivity index (χ2n) is 5.12. The molecule has 1 saturated heterocycles. The molecule has 1 aromatic heterocycles. The SMILES string of the molecule is O=C(c1ccncc1Oc1ccc(F)cc1)N1CCC1C(F)F. The molecule has 1 unspecified atom stereocenters. The summed E-state index contributed by atoms with van der Waals surface area (Å²) < 4.78 is 44.1. The highest BCUT2D eigenvalue weighted by Crippen LogP contribution is 2.30. The molecule has 1 aromatic carbocycles. The summed E-state index contributed by atoms with van der Waals surface area (Å²) in [6, 6.07) is 5.60. The number of alkyl halides is 2. The summed E-state index contributed by atoms with van der Waals surface area (Å²) in [5.74, 6) is -0.479. The van der Waals surface area contributed by atoms with Crippen molar-refractivity contribution in [3.8, 4) is 11.5 Å². The molecule has 1 atom stereocenters. The summed E-state index contributed by atoms with van der Waals surface area (Å²) >= 11 is 0. The van der Waals surface area contributed by atoms with Crippen LogP contribution >= 0.6 is 0 Å². The first kappa shape index (κ1) is 15.3. The summed E-state index contributed by atoms with van der Waals surface area (Å²) in [6.07, 6.45) is 0.425. The van der Waals surface area contributed by atoms with E-state index >= 15 is 0 Å². The molecule has 23 heavy (non-hydrogen) atoms. The number of ether oxygens (including phenoxy) is 1. The van der Waals surface area contributed by atoms with E-state index in [1.54, 1.807) is 0 Å².